The number of nitrogens with zero attached hydrogens (tertiary/aromatic N) is 1. The van der Waals surface area contributed by atoms with E-state index in [0.29, 0.717) is 18.3 Å². The second kappa shape index (κ2) is 2.30. The third-order valence-electron chi connectivity index (χ3n) is 1.54. The van der Waals surface area contributed by atoms with E-state index in [0.717, 1.165) is 12.2 Å². The van der Waals surface area contributed by atoms with Gasteiger partial charge in [0.1, 0.15) is 12.4 Å². The number of anilines is 2. The Balaban J connectivity index is 2.43. The maximum Gasteiger partial charge on any atom is 0.239 e. The molecule has 58 valence electrons. The van der Waals surface area contributed by atoms with Crippen molar-refractivity contribution in [3.63, 3.8) is 0 Å². The van der Waals surface area contributed by atoms with Crippen molar-refractivity contribution < 1.29 is 4.74 Å². The van der Waals surface area contributed by atoms with Crippen molar-refractivity contribution in [1.82, 2.24) is 4.98 Å². The lowest BCUT2D eigenvalue weighted by Gasteiger charge is -2.17. The van der Waals surface area contributed by atoms with Crippen LogP contribution in [0.25, 0.3) is 0 Å². The Bertz CT molecular complexity index is 274. The number of hydrogen-bond donors (Lipinski definition) is 2. The molecule has 0 bridgehead atoms. The number of aromatic nitrogens is 1. The average Bonchev–Trinajstić information content (AvgIpc) is 2.04. The van der Waals surface area contributed by atoms with Gasteiger partial charge in [0.05, 0.1) is 5.69 Å². The third-order valence-corrected chi connectivity index (χ3v) is 1.54. The Kier molecular flexibility index (Phi) is 1.31. The van der Waals surface area contributed by atoms with Crippen LogP contribution in [0.2, 0.25) is 0 Å². The van der Waals surface area contributed by atoms with Crippen molar-refractivity contribution in [2.45, 2.75) is 0 Å². The number of ether oxygens (including phenoxy) is 1. The Labute approximate surface area is 64.4 Å². The summed E-state index contributed by atoms with van der Waals surface area (Å²) < 4.78 is 5.25. The summed E-state index contributed by atoms with van der Waals surface area (Å²) in [7, 11) is 0. The minimum absolute atomic E-state index is 0.493. The molecule has 0 radical (unpaired) electrons. The topological polar surface area (TPSA) is 60.2 Å². The van der Waals surface area contributed by atoms with Crippen LogP contribution in [0.4, 0.5) is 11.5 Å². The van der Waals surface area contributed by atoms with Gasteiger partial charge in [-0.15, -0.1) is 0 Å². The third kappa shape index (κ3) is 1.07. The molecule has 0 aliphatic carbocycles. The molecule has 1 aliphatic rings. The van der Waals surface area contributed by atoms with Crippen LogP contribution >= 0.6 is 0 Å². The molecule has 4 heteroatoms. The van der Waals surface area contributed by atoms with E-state index in [4.69, 9.17) is 10.5 Å². The van der Waals surface area contributed by atoms with Gasteiger partial charge in [-0.25, -0.2) is 0 Å². The number of rotatable bonds is 0. The van der Waals surface area contributed by atoms with Gasteiger partial charge in [0.25, 0.3) is 0 Å². The molecule has 1 aromatic heterocycles. The van der Waals surface area contributed by atoms with Crippen LogP contribution in [0.5, 0.6) is 5.88 Å². The summed E-state index contributed by atoms with van der Waals surface area (Å²) in [5.41, 5.74) is 6.38. The highest BCUT2D eigenvalue weighted by molar-refractivity contribution is 5.56. The summed E-state index contributed by atoms with van der Waals surface area (Å²) in [6, 6.07) is 3.62. The highest BCUT2D eigenvalue weighted by atomic mass is 16.5. The molecule has 1 aromatic rings. The number of nitrogen functional groups attached to an aromatic ring is 1. The first kappa shape index (κ1) is 6.27. The minimum atomic E-state index is 0.493. The van der Waals surface area contributed by atoms with Crippen LogP contribution in [-0.2, 0) is 0 Å². The fraction of sp³-hybridized carbons (Fsp3) is 0.286. The number of fused-ring (bicyclic) bond motifs is 1. The number of pyridine rings is 1. The van der Waals surface area contributed by atoms with E-state index in [2.05, 4.69) is 10.3 Å². The monoisotopic (exact) mass is 151 g/mol. The van der Waals surface area contributed by atoms with Gasteiger partial charge in [-0.1, -0.05) is 0 Å². The second-order valence-corrected chi connectivity index (χ2v) is 2.36. The molecule has 2 rings (SSSR count). The van der Waals surface area contributed by atoms with Gasteiger partial charge in [-0.2, -0.15) is 4.98 Å². The minimum Gasteiger partial charge on any atom is -0.474 e. The lowest BCUT2D eigenvalue weighted by molar-refractivity contribution is 0.311. The first-order valence-corrected chi connectivity index (χ1v) is 3.49. The molecule has 1 aliphatic heterocycles. The van der Waals surface area contributed by atoms with E-state index >= 15 is 0 Å². The van der Waals surface area contributed by atoms with Crippen molar-refractivity contribution in [1.29, 1.82) is 0 Å². The molecule has 0 spiro atoms. The Morgan fingerprint density at radius 3 is 3.36 bits per heavy atom. The highest BCUT2D eigenvalue weighted by Gasteiger charge is 2.09. The van der Waals surface area contributed by atoms with Crippen molar-refractivity contribution in [3.8, 4) is 5.88 Å². The largest absolute Gasteiger partial charge is 0.474 e. The summed E-state index contributed by atoms with van der Waals surface area (Å²) >= 11 is 0. The summed E-state index contributed by atoms with van der Waals surface area (Å²) in [4.78, 5) is 4.01. The zero-order valence-electron chi connectivity index (χ0n) is 6.00. The second-order valence-electron chi connectivity index (χ2n) is 2.36. The molecular weight excluding hydrogens is 142 g/mol. The molecule has 3 N–H and O–H groups in total. The molecular formula is C7H9N3O. The summed E-state index contributed by atoms with van der Waals surface area (Å²) in [6.07, 6.45) is 0. The van der Waals surface area contributed by atoms with Gasteiger partial charge in [0.2, 0.25) is 5.88 Å². The van der Waals surface area contributed by atoms with Gasteiger partial charge in [-0.05, 0) is 12.1 Å². The first-order valence-electron chi connectivity index (χ1n) is 3.49. The lowest BCUT2D eigenvalue weighted by Crippen LogP contribution is -2.19. The fourth-order valence-electron chi connectivity index (χ4n) is 1.03. The van der Waals surface area contributed by atoms with Crippen LogP contribution in [0.3, 0.4) is 0 Å². The predicted molar refractivity (Wildman–Crippen MR) is 42.6 cm³/mol. The first-order chi connectivity index (χ1) is 5.36. The zero-order valence-corrected chi connectivity index (χ0v) is 6.00. The van der Waals surface area contributed by atoms with E-state index < -0.39 is 0 Å². The SMILES string of the molecule is Nc1ccc2c(n1)OCCN2. The predicted octanol–water partition coefficient (Wildman–Crippen LogP) is 0.468. The van der Waals surface area contributed by atoms with Crippen LogP contribution in [0.1, 0.15) is 0 Å². The van der Waals surface area contributed by atoms with Crippen molar-refractivity contribution in [3.05, 3.63) is 12.1 Å². The Morgan fingerprint density at radius 1 is 1.55 bits per heavy atom. The highest BCUT2D eigenvalue weighted by Crippen LogP contribution is 2.24. The Morgan fingerprint density at radius 2 is 2.45 bits per heavy atom. The molecule has 2 heterocycles. The molecule has 11 heavy (non-hydrogen) atoms. The fourth-order valence-corrected chi connectivity index (χ4v) is 1.03. The van der Waals surface area contributed by atoms with Gasteiger partial charge in [0, 0.05) is 6.54 Å². The zero-order chi connectivity index (χ0) is 7.68. The average molecular weight is 151 g/mol. The van der Waals surface area contributed by atoms with E-state index in [1.54, 1.807) is 6.07 Å². The molecule has 0 atom stereocenters. The quantitative estimate of drug-likeness (QED) is 0.565. The van der Waals surface area contributed by atoms with E-state index in [1.807, 2.05) is 6.07 Å². The molecule has 4 nitrogen and oxygen atoms in total. The van der Waals surface area contributed by atoms with E-state index in [9.17, 15) is 0 Å². The maximum atomic E-state index is 5.46. The molecule has 0 aromatic carbocycles. The summed E-state index contributed by atoms with van der Waals surface area (Å²) in [6.45, 7) is 1.49. The smallest absolute Gasteiger partial charge is 0.239 e. The van der Waals surface area contributed by atoms with E-state index in [-0.39, 0.29) is 0 Å². The van der Waals surface area contributed by atoms with Gasteiger partial charge < -0.3 is 15.8 Å². The van der Waals surface area contributed by atoms with Gasteiger partial charge in [0.15, 0.2) is 0 Å². The Hall–Kier alpha value is -1.45. The summed E-state index contributed by atoms with van der Waals surface area (Å²) in [5, 5.41) is 3.15. The van der Waals surface area contributed by atoms with Crippen molar-refractivity contribution in [2.24, 2.45) is 0 Å². The molecule has 0 saturated carbocycles. The summed E-state index contributed by atoms with van der Waals surface area (Å²) in [5.74, 6) is 1.10. The molecule has 0 unspecified atom stereocenters. The standard InChI is InChI=1S/C7H9N3O/c8-6-2-1-5-7(10-6)11-4-3-9-5/h1-2,9H,3-4H2,(H2,8,10). The number of nitrogens with one attached hydrogen (secondary N) is 1. The van der Waals surface area contributed by atoms with Crippen LogP contribution < -0.4 is 15.8 Å². The molecule has 0 amide bonds. The normalized spacial score (nSPS) is 14.5. The van der Waals surface area contributed by atoms with Crippen LogP contribution in [-0.4, -0.2) is 18.1 Å². The van der Waals surface area contributed by atoms with Gasteiger partial charge in [-0.3, -0.25) is 0 Å². The lowest BCUT2D eigenvalue weighted by atomic mass is 10.3. The maximum absolute atomic E-state index is 5.46. The molecule has 0 saturated heterocycles. The van der Waals surface area contributed by atoms with Crippen LogP contribution in [0, 0.1) is 0 Å². The van der Waals surface area contributed by atoms with Crippen molar-refractivity contribution >= 4 is 11.5 Å². The van der Waals surface area contributed by atoms with Crippen molar-refractivity contribution in [2.75, 3.05) is 24.2 Å². The van der Waals surface area contributed by atoms with Crippen LogP contribution in [0.15, 0.2) is 12.1 Å². The number of hydrogen-bond acceptors (Lipinski definition) is 4. The molecule has 0 fully saturated rings. The van der Waals surface area contributed by atoms with Gasteiger partial charge >= 0.3 is 0 Å². The number of nitrogens with two attached hydrogens (primary N) is 1. The van der Waals surface area contributed by atoms with E-state index in [1.165, 1.54) is 0 Å².